The Morgan fingerprint density at radius 1 is 1.15 bits per heavy atom. The minimum Gasteiger partial charge on any atom is -0.480 e. The van der Waals surface area contributed by atoms with Crippen molar-refractivity contribution in [2.75, 3.05) is 19.5 Å². The quantitative estimate of drug-likeness (QED) is 0.407. The first-order valence-electron chi connectivity index (χ1n) is 10.1. The number of hydrogen-bond acceptors (Lipinski definition) is 8. The minimum absolute atomic E-state index is 0.212. The molecule has 1 aromatic carbocycles. The highest BCUT2D eigenvalue weighted by atomic mass is 32.1. The fourth-order valence-electron chi connectivity index (χ4n) is 3.58. The third kappa shape index (κ3) is 3.90. The highest BCUT2D eigenvalue weighted by Gasteiger charge is 2.21. The third-order valence-electron chi connectivity index (χ3n) is 5.15. The predicted octanol–water partition coefficient (Wildman–Crippen LogP) is 4.12. The summed E-state index contributed by atoms with van der Waals surface area (Å²) in [6, 6.07) is 9.39. The van der Waals surface area contributed by atoms with Gasteiger partial charge in [-0.1, -0.05) is 12.1 Å². The molecule has 10 heteroatoms. The van der Waals surface area contributed by atoms with Gasteiger partial charge in [0.05, 0.1) is 23.1 Å². The molecule has 0 unspecified atom stereocenters. The Morgan fingerprint density at radius 2 is 1.97 bits per heavy atom. The molecule has 0 spiro atoms. The molecule has 0 aliphatic carbocycles. The van der Waals surface area contributed by atoms with Gasteiger partial charge in [-0.15, -0.1) is 11.3 Å². The van der Waals surface area contributed by atoms with Gasteiger partial charge in [-0.3, -0.25) is 9.20 Å². The van der Waals surface area contributed by atoms with E-state index in [0.29, 0.717) is 32.9 Å². The smallest absolute Gasteiger partial charge is 0.266 e. The number of aromatic nitrogens is 5. The molecule has 9 nitrogen and oxygen atoms in total. The molecule has 1 N–H and O–H groups in total. The molecule has 5 aromatic rings. The first-order valence-corrected chi connectivity index (χ1v) is 10.9. The first-order chi connectivity index (χ1) is 16.1. The van der Waals surface area contributed by atoms with Gasteiger partial charge in [0.25, 0.3) is 5.91 Å². The number of thiophene rings is 1. The van der Waals surface area contributed by atoms with Crippen molar-refractivity contribution < 1.29 is 14.3 Å². The number of aryl methyl sites for hydroxylation is 1. The second-order valence-electron chi connectivity index (χ2n) is 7.30. The van der Waals surface area contributed by atoms with Gasteiger partial charge in [0.1, 0.15) is 11.4 Å². The molecule has 4 aromatic heterocycles. The molecule has 0 fully saturated rings. The monoisotopic (exact) mass is 460 g/mol. The van der Waals surface area contributed by atoms with E-state index in [9.17, 15) is 4.79 Å². The number of anilines is 1. The number of nitrogens with zero attached hydrogens (tertiary/aromatic N) is 5. The standard InChI is InChI=1S/C23H20N6O3S/c1-13-18-21(32-3)27-17(12-31-2)28-22(18)33-19(13)20(30)25-15-7-5-14(6-8-15)16-11-29-10-4-9-24-23(29)26-16/h4-11H,12H2,1-3H3,(H,25,30). The molecule has 0 atom stereocenters. The summed E-state index contributed by atoms with van der Waals surface area (Å²) in [4.78, 5) is 32.0. The van der Waals surface area contributed by atoms with Gasteiger partial charge in [0.2, 0.25) is 11.7 Å². The maximum atomic E-state index is 13.0. The maximum Gasteiger partial charge on any atom is 0.266 e. The number of methoxy groups -OCH3 is 2. The lowest BCUT2D eigenvalue weighted by atomic mass is 10.1. The molecule has 0 saturated heterocycles. The topological polar surface area (TPSA) is 104 Å². The Morgan fingerprint density at radius 3 is 2.70 bits per heavy atom. The van der Waals surface area contributed by atoms with Crippen molar-refractivity contribution in [2.24, 2.45) is 0 Å². The third-order valence-corrected chi connectivity index (χ3v) is 6.33. The van der Waals surface area contributed by atoms with Gasteiger partial charge >= 0.3 is 0 Å². The molecule has 33 heavy (non-hydrogen) atoms. The van der Waals surface area contributed by atoms with Crippen LogP contribution in [0.3, 0.4) is 0 Å². The van der Waals surface area contributed by atoms with Gasteiger partial charge in [-0.25, -0.2) is 15.0 Å². The number of carbonyl (C=O) groups is 1. The number of nitrogens with one attached hydrogen (secondary N) is 1. The van der Waals surface area contributed by atoms with E-state index in [4.69, 9.17) is 9.47 Å². The summed E-state index contributed by atoms with van der Waals surface area (Å²) < 4.78 is 12.4. The van der Waals surface area contributed by atoms with Crippen LogP contribution in [-0.4, -0.2) is 44.5 Å². The van der Waals surface area contributed by atoms with Gasteiger partial charge in [-0.05, 0) is 30.7 Å². The molecule has 0 bridgehead atoms. The Labute approximate surface area is 193 Å². The van der Waals surface area contributed by atoms with Crippen LogP contribution in [0.2, 0.25) is 0 Å². The highest BCUT2D eigenvalue weighted by molar-refractivity contribution is 7.20. The summed E-state index contributed by atoms with van der Waals surface area (Å²) in [7, 11) is 3.13. The number of fused-ring (bicyclic) bond motifs is 2. The minimum atomic E-state index is -0.212. The van der Waals surface area contributed by atoms with E-state index in [-0.39, 0.29) is 12.5 Å². The summed E-state index contributed by atoms with van der Waals surface area (Å²) in [5.41, 5.74) is 3.20. The van der Waals surface area contributed by atoms with Crippen molar-refractivity contribution in [3.8, 4) is 17.1 Å². The second kappa shape index (κ2) is 8.57. The van der Waals surface area contributed by atoms with Crippen LogP contribution in [0.25, 0.3) is 27.3 Å². The van der Waals surface area contributed by atoms with Crippen molar-refractivity contribution >= 4 is 38.9 Å². The summed E-state index contributed by atoms with van der Waals surface area (Å²) in [5, 5.41) is 3.70. The van der Waals surface area contributed by atoms with Crippen LogP contribution >= 0.6 is 11.3 Å². The zero-order valence-electron chi connectivity index (χ0n) is 18.2. The van der Waals surface area contributed by atoms with E-state index in [1.165, 1.54) is 11.3 Å². The van der Waals surface area contributed by atoms with Crippen LogP contribution in [-0.2, 0) is 11.3 Å². The van der Waals surface area contributed by atoms with Crippen molar-refractivity contribution in [3.05, 3.63) is 65.2 Å². The zero-order chi connectivity index (χ0) is 22.9. The average molecular weight is 461 g/mol. The molecular weight excluding hydrogens is 440 g/mol. The largest absolute Gasteiger partial charge is 0.480 e. The van der Waals surface area contributed by atoms with E-state index < -0.39 is 0 Å². The maximum absolute atomic E-state index is 13.0. The van der Waals surface area contributed by atoms with Crippen LogP contribution < -0.4 is 10.1 Å². The highest BCUT2D eigenvalue weighted by Crippen LogP contribution is 2.35. The van der Waals surface area contributed by atoms with E-state index in [1.807, 2.05) is 54.0 Å². The summed E-state index contributed by atoms with van der Waals surface area (Å²) in [6.07, 6.45) is 5.53. The summed E-state index contributed by atoms with van der Waals surface area (Å²) in [6.45, 7) is 2.13. The molecule has 0 aliphatic rings. The SMILES string of the molecule is COCc1nc(OC)c2c(C)c(C(=O)Nc3ccc(-c4cn5cccnc5n4)cc3)sc2n1. The summed E-state index contributed by atoms with van der Waals surface area (Å²) in [5.74, 6) is 1.37. The molecular formula is C23H20N6O3S. The average Bonchev–Trinajstić information content (AvgIpc) is 3.40. The molecule has 0 radical (unpaired) electrons. The van der Waals surface area contributed by atoms with Crippen molar-refractivity contribution in [3.63, 3.8) is 0 Å². The molecule has 5 rings (SSSR count). The van der Waals surface area contributed by atoms with Crippen molar-refractivity contribution in [1.29, 1.82) is 0 Å². The first kappa shape index (κ1) is 21.0. The molecule has 0 aliphatic heterocycles. The fourth-order valence-corrected chi connectivity index (χ4v) is 4.67. The van der Waals surface area contributed by atoms with Crippen LogP contribution in [0.4, 0.5) is 5.69 Å². The lowest BCUT2D eigenvalue weighted by molar-refractivity contribution is 0.103. The van der Waals surface area contributed by atoms with E-state index in [0.717, 1.165) is 22.2 Å². The summed E-state index contributed by atoms with van der Waals surface area (Å²) >= 11 is 1.30. The number of rotatable bonds is 6. The fraction of sp³-hybridized carbons (Fsp3) is 0.174. The van der Waals surface area contributed by atoms with Gasteiger partial charge in [-0.2, -0.15) is 4.98 Å². The van der Waals surface area contributed by atoms with Crippen LogP contribution in [0.5, 0.6) is 5.88 Å². The Bertz CT molecular complexity index is 1440. The van der Waals surface area contributed by atoms with Crippen molar-refractivity contribution in [1.82, 2.24) is 24.3 Å². The Hall–Kier alpha value is -3.89. The molecule has 4 heterocycles. The molecule has 0 saturated carbocycles. The van der Waals surface area contributed by atoms with E-state index in [1.54, 1.807) is 20.4 Å². The number of benzene rings is 1. The van der Waals surface area contributed by atoms with Gasteiger partial charge in [0.15, 0.2) is 5.82 Å². The number of imidazole rings is 1. The number of amides is 1. The second-order valence-corrected chi connectivity index (χ2v) is 8.30. The molecule has 1 amide bonds. The number of hydrogen-bond donors (Lipinski definition) is 1. The predicted molar refractivity (Wildman–Crippen MR) is 126 cm³/mol. The van der Waals surface area contributed by atoms with Crippen molar-refractivity contribution in [2.45, 2.75) is 13.5 Å². The Kier molecular flexibility index (Phi) is 5.45. The lowest BCUT2D eigenvalue weighted by Crippen LogP contribution is -2.11. The normalized spacial score (nSPS) is 11.2. The van der Waals surface area contributed by atoms with E-state index >= 15 is 0 Å². The van der Waals surface area contributed by atoms with Crippen LogP contribution in [0.1, 0.15) is 21.1 Å². The zero-order valence-corrected chi connectivity index (χ0v) is 19.0. The number of ether oxygens (including phenoxy) is 2. The van der Waals surface area contributed by atoms with Gasteiger partial charge in [0, 0.05) is 37.0 Å². The van der Waals surface area contributed by atoms with E-state index in [2.05, 4.69) is 25.3 Å². The Balaban J connectivity index is 1.40. The molecule has 166 valence electrons. The van der Waals surface area contributed by atoms with Crippen LogP contribution in [0.15, 0.2) is 48.9 Å². The van der Waals surface area contributed by atoms with Crippen LogP contribution in [0, 0.1) is 6.92 Å². The number of carbonyl (C=O) groups excluding carboxylic acids is 1. The lowest BCUT2D eigenvalue weighted by Gasteiger charge is -2.06. The van der Waals surface area contributed by atoms with Gasteiger partial charge < -0.3 is 14.8 Å².